The number of aromatic nitrogens is 2. The van der Waals surface area contributed by atoms with E-state index < -0.39 is 11.4 Å². The lowest BCUT2D eigenvalue weighted by Crippen LogP contribution is -2.44. The SMILES string of the molecule is Cc1cc(N(C)C)nc([C@]2(C)CCCN2C(=O)c2ccccc2F)n1. The molecule has 0 unspecified atom stereocenters. The molecule has 0 spiro atoms. The molecule has 2 heterocycles. The molecular formula is C19H23FN4O. The number of benzene rings is 1. The normalized spacial score (nSPS) is 20.0. The van der Waals surface area contributed by atoms with Crippen molar-refractivity contribution in [3.05, 3.63) is 53.2 Å². The Kier molecular flexibility index (Phi) is 4.45. The second-order valence-electron chi connectivity index (χ2n) is 6.90. The predicted molar refractivity (Wildman–Crippen MR) is 95.1 cm³/mol. The predicted octanol–water partition coefficient (Wildman–Crippen LogP) is 3.14. The summed E-state index contributed by atoms with van der Waals surface area (Å²) in [5.74, 6) is 0.600. The van der Waals surface area contributed by atoms with Crippen molar-refractivity contribution < 1.29 is 9.18 Å². The van der Waals surface area contributed by atoms with Crippen molar-refractivity contribution in [2.45, 2.75) is 32.2 Å². The zero-order chi connectivity index (χ0) is 18.2. The van der Waals surface area contributed by atoms with Crippen LogP contribution in [0.1, 0.15) is 41.6 Å². The number of likely N-dealkylation sites (tertiary alicyclic amines) is 1. The van der Waals surface area contributed by atoms with E-state index in [4.69, 9.17) is 0 Å². The number of carbonyl (C=O) groups excluding carboxylic acids is 1. The summed E-state index contributed by atoms with van der Waals surface area (Å²) in [6, 6.07) is 8.01. The number of halogens is 1. The van der Waals surface area contributed by atoms with Gasteiger partial charge in [-0.15, -0.1) is 0 Å². The van der Waals surface area contributed by atoms with Gasteiger partial charge in [0.05, 0.1) is 5.56 Å². The zero-order valence-electron chi connectivity index (χ0n) is 15.1. The lowest BCUT2D eigenvalue weighted by molar-refractivity contribution is 0.0599. The van der Waals surface area contributed by atoms with Crippen LogP contribution in [0, 0.1) is 12.7 Å². The average molecular weight is 342 g/mol. The van der Waals surface area contributed by atoms with Crippen molar-refractivity contribution in [3.63, 3.8) is 0 Å². The monoisotopic (exact) mass is 342 g/mol. The van der Waals surface area contributed by atoms with Crippen molar-refractivity contribution in [2.24, 2.45) is 0 Å². The van der Waals surface area contributed by atoms with E-state index in [1.165, 1.54) is 12.1 Å². The van der Waals surface area contributed by atoms with E-state index in [0.717, 1.165) is 24.4 Å². The van der Waals surface area contributed by atoms with Crippen LogP contribution in [0.2, 0.25) is 0 Å². The molecule has 1 fully saturated rings. The van der Waals surface area contributed by atoms with E-state index in [1.54, 1.807) is 17.0 Å². The van der Waals surface area contributed by atoms with Gasteiger partial charge in [0.25, 0.3) is 5.91 Å². The third-order valence-electron chi connectivity index (χ3n) is 4.77. The van der Waals surface area contributed by atoms with Crippen LogP contribution in [-0.4, -0.2) is 41.4 Å². The van der Waals surface area contributed by atoms with Crippen molar-refractivity contribution in [3.8, 4) is 0 Å². The molecule has 132 valence electrons. The van der Waals surface area contributed by atoms with E-state index in [-0.39, 0.29) is 11.5 Å². The van der Waals surface area contributed by atoms with E-state index in [9.17, 15) is 9.18 Å². The van der Waals surface area contributed by atoms with Gasteiger partial charge in [0.1, 0.15) is 17.2 Å². The van der Waals surface area contributed by atoms with E-state index >= 15 is 0 Å². The highest BCUT2D eigenvalue weighted by molar-refractivity contribution is 5.95. The molecule has 3 rings (SSSR count). The van der Waals surface area contributed by atoms with Crippen molar-refractivity contribution in [1.29, 1.82) is 0 Å². The average Bonchev–Trinajstić information content (AvgIpc) is 2.97. The first-order valence-corrected chi connectivity index (χ1v) is 8.43. The Morgan fingerprint density at radius 1 is 1.28 bits per heavy atom. The molecule has 1 aliphatic heterocycles. The molecule has 5 nitrogen and oxygen atoms in total. The number of hydrogen-bond donors (Lipinski definition) is 0. The van der Waals surface area contributed by atoms with Gasteiger partial charge in [0, 0.05) is 32.4 Å². The molecule has 1 atom stereocenters. The summed E-state index contributed by atoms with van der Waals surface area (Å²) in [4.78, 5) is 25.9. The number of aryl methyl sites for hydroxylation is 1. The third-order valence-corrected chi connectivity index (χ3v) is 4.77. The lowest BCUT2D eigenvalue weighted by Gasteiger charge is -2.34. The minimum absolute atomic E-state index is 0.0936. The standard InChI is InChI=1S/C19H23FN4O/c1-13-12-16(23(3)4)22-18(21-13)19(2)10-7-11-24(19)17(25)14-8-5-6-9-15(14)20/h5-6,8-9,12H,7,10-11H2,1-4H3/t19-/m0/s1. The number of nitrogens with zero attached hydrogens (tertiary/aromatic N) is 4. The van der Waals surface area contributed by atoms with Gasteiger partial charge in [0.2, 0.25) is 0 Å². The van der Waals surface area contributed by atoms with Crippen LogP contribution < -0.4 is 4.90 Å². The van der Waals surface area contributed by atoms with Crippen LogP contribution in [0.25, 0.3) is 0 Å². The quantitative estimate of drug-likeness (QED) is 0.860. The molecule has 1 aromatic carbocycles. The molecule has 1 amide bonds. The largest absolute Gasteiger partial charge is 0.363 e. The first kappa shape index (κ1) is 17.3. The number of amides is 1. The van der Waals surface area contributed by atoms with Crippen LogP contribution in [0.15, 0.2) is 30.3 Å². The Labute approximate surface area is 147 Å². The minimum Gasteiger partial charge on any atom is -0.363 e. The van der Waals surface area contributed by atoms with Crippen molar-refractivity contribution >= 4 is 11.7 Å². The fourth-order valence-electron chi connectivity index (χ4n) is 3.32. The molecule has 1 aliphatic rings. The smallest absolute Gasteiger partial charge is 0.257 e. The van der Waals surface area contributed by atoms with Gasteiger partial charge < -0.3 is 9.80 Å². The van der Waals surface area contributed by atoms with Gasteiger partial charge in [-0.3, -0.25) is 4.79 Å². The molecule has 0 radical (unpaired) electrons. The molecule has 0 N–H and O–H groups in total. The van der Waals surface area contributed by atoms with Crippen LogP contribution in [0.5, 0.6) is 0 Å². The molecule has 2 aromatic rings. The van der Waals surface area contributed by atoms with Crippen LogP contribution in [0.4, 0.5) is 10.2 Å². The Morgan fingerprint density at radius 2 is 2.00 bits per heavy atom. The van der Waals surface area contributed by atoms with Gasteiger partial charge >= 0.3 is 0 Å². The Bertz CT molecular complexity index is 808. The van der Waals surface area contributed by atoms with Gasteiger partial charge in [-0.05, 0) is 38.8 Å². The first-order chi connectivity index (χ1) is 11.8. The molecule has 0 saturated carbocycles. The van der Waals surface area contributed by atoms with Crippen LogP contribution >= 0.6 is 0 Å². The Hall–Kier alpha value is -2.50. The second kappa shape index (κ2) is 6.43. The maximum absolute atomic E-state index is 14.1. The Balaban J connectivity index is 2.03. The third kappa shape index (κ3) is 3.08. The highest BCUT2D eigenvalue weighted by Crippen LogP contribution is 2.38. The summed E-state index contributed by atoms with van der Waals surface area (Å²) in [7, 11) is 3.84. The van der Waals surface area contributed by atoms with Crippen LogP contribution in [-0.2, 0) is 5.54 Å². The summed E-state index contributed by atoms with van der Waals surface area (Å²) < 4.78 is 14.1. The van der Waals surface area contributed by atoms with E-state index in [1.807, 2.05) is 38.9 Å². The van der Waals surface area contributed by atoms with Crippen LogP contribution in [0.3, 0.4) is 0 Å². The first-order valence-electron chi connectivity index (χ1n) is 8.43. The molecule has 1 aromatic heterocycles. The number of carbonyl (C=O) groups is 1. The topological polar surface area (TPSA) is 49.3 Å². The maximum atomic E-state index is 14.1. The molecule has 0 aliphatic carbocycles. The maximum Gasteiger partial charge on any atom is 0.257 e. The summed E-state index contributed by atoms with van der Waals surface area (Å²) in [5, 5.41) is 0. The molecular weight excluding hydrogens is 319 g/mol. The minimum atomic E-state index is -0.643. The lowest BCUT2D eigenvalue weighted by atomic mass is 9.96. The van der Waals surface area contributed by atoms with Gasteiger partial charge in [-0.2, -0.15) is 0 Å². The van der Waals surface area contributed by atoms with Gasteiger partial charge in [-0.1, -0.05) is 12.1 Å². The summed E-state index contributed by atoms with van der Waals surface area (Å²) in [5.41, 5.74) is 0.298. The van der Waals surface area contributed by atoms with Crippen molar-refractivity contribution in [2.75, 3.05) is 25.5 Å². The number of rotatable bonds is 3. The summed E-state index contributed by atoms with van der Waals surface area (Å²) in [6.45, 7) is 4.45. The molecule has 1 saturated heterocycles. The molecule has 25 heavy (non-hydrogen) atoms. The summed E-state index contributed by atoms with van der Waals surface area (Å²) >= 11 is 0. The van der Waals surface area contributed by atoms with Gasteiger partial charge in [0.15, 0.2) is 5.82 Å². The second-order valence-corrected chi connectivity index (χ2v) is 6.90. The van der Waals surface area contributed by atoms with E-state index in [0.29, 0.717) is 12.4 Å². The van der Waals surface area contributed by atoms with Crippen molar-refractivity contribution in [1.82, 2.24) is 14.9 Å². The fourth-order valence-corrected chi connectivity index (χ4v) is 3.32. The Morgan fingerprint density at radius 3 is 2.68 bits per heavy atom. The molecule has 6 heteroatoms. The molecule has 0 bridgehead atoms. The summed E-state index contributed by atoms with van der Waals surface area (Å²) in [6.07, 6.45) is 1.59. The fraction of sp³-hybridized carbons (Fsp3) is 0.421. The number of anilines is 1. The highest BCUT2D eigenvalue weighted by atomic mass is 19.1. The zero-order valence-corrected chi connectivity index (χ0v) is 15.1. The van der Waals surface area contributed by atoms with E-state index in [2.05, 4.69) is 9.97 Å². The van der Waals surface area contributed by atoms with Gasteiger partial charge in [-0.25, -0.2) is 14.4 Å². The highest BCUT2D eigenvalue weighted by Gasteiger charge is 2.44. The number of hydrogen-bond acceptors (Lipinski definition) is 4.